The van der Waals surface area contributed by atoms with Crippen LogP contribution in [0.5, 0.6) is 0 Å². The van der Waals surface area contributed by atoms with E-state index in [1.165, 1.54) is 12.7 Å². The third kappa shape index (κ3) is 2.74. The minimum atomic E-state index is 0.135. The molecule has 0 atom stereocenters. The number of carbonyl (C=O) groups is 1. The number of aromatic nitrogens is 3. The molecule has 0 unspecified atom stereocenters. The Kier molecular flexibility index (Phi) is 3.61. The molecule has 120 valence electrons. The summed E-state index contributed by atoms with van der Waals surface area (Å²) in [6, 6.07) is 7.57. The average molecular weight is 311 g/mol. The minimum absolute atomic E-state index is 0.135. The van der Waals surface area contributed by atoms with Crippen molar-refractivity contribution in [3.05, 3.63) is 42.5 Å². The lowest BCUT2D eigenvalue weighted by molar-refractivity contribution is 0.0607. The van der Waals surface area contributed by atoms with Crippen LogP contribution in [0.1, 0.15) is 29.6 Å². The van der Waals surface area contributed by atoms with Crippen LogP contribution in [0.4, 0.5) is 0 Å². The molecule has 2 aliphatic heterocycles. The van der Waals surface area contributed by atoms with E-state index in [0.29, 0.717) is 5.41 Å². The Balaban J connectivity index is 1.43. The standard InChI is InChI=1S/C17H21N5O/c23-16(21-9-6-17(7-10-21)5-8-18-11-17)14-1-3-15(4-2-14)22-13-19-12-20-22/h1-4,12-13,18H,5-11H2. The molecule has 1 amide bonds. The zero-order valence-electron chi connectivity index (χ0n) is 13.1. The molecule has 1 N–H and O–H groups in total. The zero-order valence-corrected chi connectivity index (χ0v) is 13.1. The van der Waals surface area contributed by atoms with Crippen molar-refractivity contribution in [1.29, 1.82) is 0 Å². The normalized spacial score (nSPS) is 20.1. The summed E-state index contributed by atoms with van der Waals surface area (Å²) in [6.07, 6.45) is 6.63. The summed E-state index contributed by atoms with van der Waals surface area (Å²) in [6.45, 7) is 3.97. The number of benzene rings is 1. The fourth-order valence-electron chi connectivity index (χ4n) is 3.69. The van der Waals surface area contributed by atoms with E-state index in [2.05, 4.69) is 15.4 Å². The van der Waals surface area contributed by atoms with Gasteiger partial charge < -0.3 is 10.2 Å². The Morgan fingerprint density at radius 3 is 2.52 bits per heavy atom. The largest absolute Gasteiger partial charge is 0.339 e. The van der Waals surface area contributed by atoms with E-state index in [9.17, 15) is 4.79 Å². The van der Waals surface area contributed by atoms with Crippen LogP contribution in [0.15, 0.2) is 36.9 Å². The number of nitrogens with one attached hydrogen (secondary N) is 1. The summed E-state index contributed by atoms with van der Waals surface area (Å²) in [5.41, 5.74) is 2.09. The van der Waals surface area contributed by atoms with Crippen molar-refractivity contribution in [3.63, 3.8) is 0 Å². The first-order valence-corrected chi connectivity index (χ1v) is 8.21. The van der Waals surface area contributed by atoms with Crippen LogP contribution < -0.4 is 5.32 Å². The maximum atomic E-state index is 12.7. The van der Waals surface area contributed by atoms with E-state index < -0.39 is 0 Å². The van der Waals surface area contributed by atoms with Crippen LogP contribution in [0.2, 0.25) is 0 Å². The molecule has 0 radical (unpaired) electrons. The number of nitrogens with zero attached hydrogens (tertiary/aromatic N) is 4. The molecule has 0 bridgehead atoms. The van der Waals surface area contributed by atoms with E-state index in [4.69, 9.17) is 0 Å². The topological polar surface area (TPSA) is 63.1 Å². The highest BCUT2D eigenvalue weighted by atomic mass is 16.2. The summed E-state index contributed by atoms with van der Waals surface area (Å²) >= 11 is 0. The molecular formula is C17H21N5O. The Morgan fingerprint density at radius 2 is 1.91 bits per heavy atom. The van der Waals surface area contributed by atoms with Gasteiger partial charge in [0.05, 0.1) is 5.69 Å². The third-order valence-electron chi connectivity index (χ3n) is 5.24. The van der Waals surface area contributed by atoms with E-state index >= 15 is 0 Å². The molecular weight excluding hydrogens is 290 g/mol. The lowest BCUT2D eigenvalue weighted by Gasteiger charge is -2.38. The van der Waals surface area contributed by atoms with E-state index in [1.54, 1.807) is 11.0 Å². The lowest BCUT2D eigenvalue weighted by Crippen LogP contribution is -2.44. The Bertz CT molecular complexity index is 664. The fraction of sp³-hybridized carbons (Fsp3) is 0.471. The Hall–Kier alpha value is -2.21. The van der Waals surface area contributed by atoms with Gasteiger partial charge in [-0.05, 0) is 55.5 Å². The molecule has 2 fully saturated rings. The molecule has 2 saturated heterocycles. The molecule has 0 saturated carbocycles. The number of rotatable bonds is 2. The molecule has 2 aromatic rings. The summed E-state index contributed by atoms with van der Waals surface area (Å²) in [7, 11) is 0. The van der Waals surface area contributed by atoms with Crippen LogP contribution in [0, 0.1) is 5.41 Å². The highest BCUT2D eigenvalue weighted by molar-refractivity contribution is 5.94. The molecule has 1 spiro atoms. The van der Waals surface area contributed by atoms with Crippen molar-refractivity contribution in [2.75, 3.05) is 26.2 Å². The molecule has 6 nitrogen and oxygen atoms in total. The van der Waals surface area contributed by atoms with Gasteiger partial charge in [0.25, 0.3) is 5.91 Å². The van der Waals surface area contributed by atoms with Crippen LogP contribution >= 0.6 is 0 Å². The molecule has 1 aromatic heterocycles. The van der Waals surface area contributed by atoms with Crippen molar-refractivity contribution in [3.8, 4) is 5.69 Å². The van der Waals surface area contributed by atoms with Gasteiger partial charge in [0, 0.05) is 25.2 Å². The number of hydrogen-bond donors (Lipinski definition) is 1. The first-order chi connectivity index (χ1) is 11.3. The third-order valence-corrected chi connectivity index (χ3v) is 5.24. The Morgan fingerprint density at radius 1 is 1.13 bits per heavy atom. The summed E-state index contributed by atoms with van der Waals surface area (Å²) in [5, 5.41) is 7.56. The maximum Gasteiger partial charge on any atom is 0.253 e. The van der Waals surface area contributed by atoms with Gasteiger partial charge in [-0.3, -0.25) is 4.79 Å². The molecule has 6 heteroatoms. The summed E-state index contributed by atoms with van der Waals surface area (Å²) < 4.78 is 1.69. The molecule has 4 rings (SSSR count). The second-order valence-electron chi connectivity index (χ2n) is 6.61. The predicted octanol–water partition coefficient (Wildman–Crippen LogP) is 1.48. The molecule has 0 aliphatic carbocycles. The number of piperidine rings is 1. The van der Waals surface area contributed by atoms with Gasteiger partial charge in [-0.25, -0.2) is 9.67 Å². The van der Waals surface area contributed by atoms with Crippen molar-refractivity contribution in [2.45, 2.75) is 19.3 Å². The van der Waals surface area contributed by atoms with Gasteiger partial charge >= 0.3 is 0 Å². The van der Waals surface area contributed by atoms with Crippen LogP contribution in [0.3, 0.4) is 0 Å². The number of likely N-dealkylation sites (tertiary alicyclic amines) is 1. The smallest absolute Gasteiger partial charge is 0.253 e. The lowest BCUT2D eigenvalue weighted by atomic mass is 9.78. The minimum Gasteiger partial charge on any atom is -0.339 e. The van der Waals surface area contributed by atoms with Gasteiger partial charge in [-0.1, -0.05) is 0 Å². The van der Waals surface area contributed by atoms with E-state index in [-0.39, 0.29) is 5.91 Å². The fourth-order valence-corrected chi connectivity index (χ4v) is 3.69. The van der Waals surface area contributed by atoms with E-state index in [1.807, 2.05) is 29.2 Å². The summed E-state index contributed by atoms with van der Waals surface area (Å²) in [5.74, 6) is 0.135. The SMILES string of the molecule is O=C(c1ccc(-n2cncn2)cc1)N1CCC2(CCNC2)CC1. The first-order valence-electron chi connectivity index (χ1n) is 8.21. The predicted molar refractivity (Wildman–Crippen MR) is 86.4 cm³/mol. The van der Waals surface area contributed by atoms with Gasteiger partial charge in [0.1, 0.15) is 12.7 Å². The van der Waals surface area contributed by atoms with Gasteiger partial charge in [0.15, 0.2) is 0 Å². The van der Waals surface area contributed by atoms with Crippen molar-refractivity contribution in [2.24, 2.45) is 5.41 Å². The number of carbonyl (C=O) groups excluding carboxylic acids is 1. The van der Waals surface area contributed by atoms with Crippen LogP contribution in [-0.4, -0.2) is 51.8 Å². The highest BCUT2D eigenvalue weighted by Gasteiger charge is 2.38. The van der Waals surface area contributed by atoms with Gasteiger partial charge in [-0.15, -0.1) is 0 Å². The molecule has 3 heterocycles. The molecule has 1 aromatic carbocycles. The van der Waals surface area contributed by atoms with Crippen molar-refractivity contribution in [1.82, 2.24) is 25.0 Å². The zero-order chi connectivity index (χ0) is 15.7. The maximum absolute atomic E-state index is 12.7. The van der Waals surface area contributed by atoms with Crippen molar-refractivity contribution >= 4 is 5.91 Å². The first kappa shape index (κ1) is 14.4. The molecule has 2 aliphatic rings. The van der Waals surface area contributed by atoms with Gasteiger partial charge in [0.2, 0.25) is 0 Å². The highest BCUT2D eigenvalue weighted by Crippen LogP contribution is 2.37. The average Bonchev–Trinajstić information content (AvgIpc) is 3.28. The van der Waals surface area contributed by atoms with Crippen LogP contribution in [0.25, 0.3) is 5.69 Å². The monoisotopic (exact) mass is 311 g/mol. The van der Waals surface area contributed by atoms with E-state index in [0.717, 1.165) is 50.3 Å². The number of hydrogen-bond acceptors (Lipinski definition) is 4. The van der Waals surface area contributed by atoms with Crippen molar-refractivity contribution < 1.29 is 4.79 Å². The van der Waals surface area contributed by atoms with Crippen LogP contribution in [-0.2, 0) is 0 Å². The second kappa shape index (κ2) is 5.77. The second-order valence-corrected chi connectivity index (χ2v) is 6.61. The molecule has 23 heavy (non-hydrogen) atoms. The number of amides is 1. The van der Waals surface area contributed by atoms with Gasteiger partial charge in [-0.2, -0.15) is 5.10 Å². The summed E-state index contributed by atoms with van der Waals surface area (Å²) in [4.78, 5) is 18.6. The quantitative estimate of drug-likeness (QED) is 0.912. The Labute approximate surface area is 135 Å².